The summed E-state index contributed by atoms with van der Waals surface area (Å²) in [5.74, 6) is -0.112. The number of benzene rings is 2. The third-order valence-electron chi connectivity index (χ3n) is 4.08. The summed E-state index contributed by atoms with van der Waals surface area (Å²) in [5.41, 5.74) is 1.65. The number of furan rings is 1. The largest absolute Gasteiger partial charge is 0.455 e. The third kappa shape index (κ3) is 5.85. The van der Waals surface area contributed by atoms with Gasteiger partial charge in [0.05, 0.1) is 28.3 Å². The first kappa shape index (κ1) is 22.8. The topological polar surface area (TPSA) is 110 Å². The van der Waals surface area contributed by atoms with Crippen LogP contribution in [0.2, 0.25) is 5.02 Å². The zero-order valence-electron chi connectivity index (χ0n) is 16.0. The molecule has 0 aliphatic carbocycles. The molecule has 0 atom stereocenters. The van der Waals surface area contributed by atoms with Crippen LogP contribution in [0.5, 0.6) is 0 Å². The van der Waals surface area contributed by atoms with Crippen LogP contribution >= 0.6 is 11.6 Å². The number of nitrogens with zero attached hydrogens (tertiary/aromatic N) is 2. The second kappa shape index (κ2) is 9.52. The molecule has 0 fully saturated rings. The van der Waals surface area contributed by atoms with Crippen LogP contribution in [-0.2, 0) is 11.0 Å². The average Bonchev–Trinajstić information content (AvgIpc) is 3.20. The van der Waals surface area contributed by atoms with Gasteiger partial charge < -0.3 is 9.73 Å². The van der Waals surface area contributed by atoms with Gasteiger partial charge in [-0.05, 0) is 36.4 Å². The predicted octanol–water partition coefficient (Wildman–Crippen LogP) is 5.09. The summed E-state index contributed by atoms with van der Waals surface area (Å²) in [4.78, 5) is 22.2. The van der Waals surface area contributed by atoms with Crippen LogP contribution in [0, 0.1) is 10.1 Å². The molecule has 1 aromatic heterocycles. The second-order valence-corrected chi connectivity index (χ2v) is 6.76. The molecule has 32 heavy (non-hydrogen) atoms. The smallest absolute Gasteiger partial charge is 0.416 e. The van der Waals surface area contributed by atoms with Crippen LogP contribution < -0.4 is 10.7 Å². The molecule has 12 heteroatoms. The number of rotatable bonds is 7. The van der Waals surface area contributed by atoms with Gasteiger partial charge in [-0.3, -0.25) is 14.9 Å². The molecule has 0 spiro atoms. The molecule has 8 nitrogen and oxygen atoms in total. The van der Waals surface area contributed by atoms with Gasteiger partial charge in [0, 0.05) is 23.4 Å². The minimum Gasteiger partial charge on any atom is -0.455 e. The number of hydrazone groups is 1. The SMILES string of the molecule is O=C(CNc1cccc(C(F)(F)F)c1)N/N=C\c1ccc(-c2cc([N+](=O)[O-])ccc2Cl)o1. The number of anilines is 1. The van der Waals surface area contributed by atoms with E-state index >= 15 is 0 Å². The van der Waals surface area contributed by atoms with E-state index < -0.39 is 22.6 Å². The molecule has 0 aliphatic heterocycles. The van der Waals surface area contributed by atoms with Crippen LogP contribution in [0.15, 0.2) is 64.1 Å². The van der Waals surface area contributed by atoms with E-state index in [-0.39, 0.29) is 34.5 Å². The van der Waals surface area contributed by atoms with Gasteiger partial charge in [0.2, 0.25) is 0 Å². The molecule has 0 radical (unpaired) electrons. The molecule has 1 amide bonds. The maximum absolute atomic E-state index is 12.7. The highest BCUT2D eigenvalue weighted by molar-refractivity contribution is 6.33. The van der Waals surface area contributed by atoms with Crippen molar-refractivity contribution in [2.45, 2.75) is 6.18 Å². The van der Waals surface area contributed by atoms with Crippen molar-refractivity contribution in [1.29, 1.82) is 0 Å². The Balaban J connectivity index is 1.57. The van der Waals surface area contributed by atoms with E-state index in [1.54, 1.807) is 0 Å². The second-order valence-electron chi connectivity index (χ2n) is 6.35. The van der Waals surface area contributed by atoms with E-state index in [9.17, 15) is 28.1 Å². The number of amides is 1. The molecule has 0 saturated heterocycles. The Morgan fingerprint density at radius 2 is 1.97 bits per heavy atom. The first-order valence-corrected chi connectivity index (χ1v) is 9.28. The Kier molecular flexibility index (Phi) is 6.79. The maximum Gasteiger partial charge on any atom is 0.416 e. The number of non-ortho nitro benzene ring substituents is 1. The van der Waals surface area contributed by atoms with Gasteiger partial charge in [-0.25, -0.2) is 5.43 Å². The van der Waals surface area contributed by atoms with E-state index in [0.29, 0.717) is 5.56 Å². The van der Waals surface area contributed by atoms with E-state index in [1.165, 1.54) is 48.7 Å². The van der Waals surface area contributed by atoms with Crippen molar-refractivity contribution < 1.29 is 27.3 Å². The van der Waals surface area contributed by atoms with Crippen molar-refractivity contribution in [3.8, 4) is 11.3 Å². The molecule has 2 aromatic carbocycles. The summed E-state index contributed by atoms with van der Waals surface area (Å²) in [6.07, 6.45) is -3.29. The highest BCUT2D eigenvalue weighted by Crippen LogP contribution is 2.32. The molecule has 1 heterocycles. The molecule has 0 saturated carbocycles. The van der Waals surface area contributed by atoms with Crippen LogP contribution in [0.4, 0.5) is 24.5 Å². The highest BCUT2D eigenvalue weighted by Gasteiger charge is 2.30. The lowest BCUT2D eigenvalue weighted by Gasteiger charge is -2.09. The van der Waals surface area contributed by atoms with Gasteiger partial charge in [-0.2, -0.15) is 18.3 Å². The first-order chi connectivity index (χ1) is 15.1. The van der Waals surface area contributed by atoms with Crippen molar-refractivity contribution >= 4 is 35.1 Å². The molecular formula is C20H14ClF3N4O4. The minimum absolute atomic E-state index is 0.128. The Morgan fingerprint density at radius 3 is 2.69 bits per heavy atom. The molecule has 3 aromatic rings. The van der Waals surface area contributed by atoms with Crippen LogP contribution in [0.25, 0.3) is 11.3 Å². The lowest BCUT2D eigenvalue weighted by Crippen LogP contribution is -2.26. The Labute approximate surface area is 183 Å². The van der Waals surface area contributed by atoms with Crippen LogP contribution in [-0.4, -0.2) is 23.6 Å². The van der Waals surface area contributed by atoms with Crippen molar-refractivity contribution in [2.24, 2.45) is 5.10 Å². The minimum atomic E-state index is -4.49. The maximum atomic E-state index is 12.7. The fourth-order valence-electron chi connectivity index (χ4n) is 2.58. The average molecular weight is 467 g/mol. The normalized spacial score (nSPS) is 11.5. The van der Waals surface area contributed by atoms with E-state index in [4.69, 9.17) is 16.0 Å². The molecule has 166 valence electrons. The van der Waals surface area contributed by atoms with Gasteiger partial charge in [0.25, 0.3) is 11.6 Å². The van der Waals surface area contributed by atoms with E-state index in [2.05, 4.69) is 15.8 Å². The number of nitrogens with one attached hydrogen (secondary N) is 2. The van der Waals surface area contributed by atoms with Crippen molar-refractivity contribution in [3.63, 3.8) is 0 Å². The summed E-state index contributed by atoms with van der Waals surface area (Å²) in [6.45, 7) is -0.314. The quantitative estimate of drug-likeness (QED) is 0.286. The van der Waals surface area contributed by atoms with Crippen LogP contribution in [0.1, 0.15) is 11.3 Å². The fraction of sp³-hybridized carbons (Fsp3) is 0.100. The Morgan fingerprint density at radius 1 is 1.19 bits per heavy atom. The summed E-state index contributed by atoms with van der Waals surface area (Å²) >= 11 is 6.07. The number of alkyl halides is 3. The van der Waals surface area contributed by atoms with Gasteiger partial charge in [0.1, 0.15) is 11.5 Å². The van der Waals surface area contributed by atoms with E-state index in [1.807, 2.05) is 0 Å². The lowest BCUT2D eigenvalue weighted by molar-refractivity contribution is -0.384. The first-order valence-electron chi connectivity index (χ1n) is 8.90. The number of halogens is 4. The highest BCUT2D eigenvalue weighted by atomic mass is 35.5. The van der Waals surface area contributed by atoms with Gasteiger partial charge in [0.15, 0.2) is 0 Å². The Hall–Kier alpha value is -3.86. The Bertz CT molecular complexity index is 1180. The molecule has 3 rings (SSSR count). The standard InChI is InChI=1S/C20H14ClF3N4O4/c21-17-6-4-14(28(30)31)9-16(17)18-7-5-15(32-18)10-26-27-19(29)11-25-13-3-1-2-12(8-13)20(22,23)24/h1-10,25H,11H2,(H,27,29)/b26-10-. The van der Waals surface area contributed by atoms with E-state index in [0.717, 1.165) is 12.1 Å². The predicted molar refractivity (Wildman–Crippen MR) is 111 cm³/mol. The summed E-state index contributed by atoms with van der Waals surface area (Å²) in [6, 6.07) is 11.4. The number of hydrogen-bond acceptors (Lipinski definition) is 6. The number of hydrogen-bond donors (Lipinski definition) is 2. The zero-order chi connectivity index (χ0) is 23.3. The third-order valence-corrected chi connectivity index (χ3v) is 4.41. The van der Waals surface area contributed by atoms with Gasteiger partial charge >= 0.3 is 6.18 Å². The summed E-state index contributed by atoms with van der Waals surface area (Å²) < 4.78 is 43.6. The number of carbonyl (C=O) groups excluding carboxylic acids is 1. The van der Waals surface area contributed by atoms with Crippen molar-refractivity contribution in [1.82, 2.24) is 5.43 Å². The van der Waals surface area contributed by atoms with Crippen molar-refractivity contribution in [3.05, 3.63) is 81.1 Å². The molecule has 0 aliphatic rings. The van der Waals surface area contributed by atoms with Gasteiger partial charge in [-0.1, -0.05) is 17.7 Å². The number of carbonyl (C=O) groups is 1. The molecule has 0 bridgehead atoms. The summed E-state index contributed by atoms with van der Waals surface area (Å²) in [5, 5.41) is 17.5. The number of nitro groups is 1. The lowest BCUT2D eigenvalue weighted by atomic mass is 10.1. The fourth-order valence-corrected chi connectivity index (χ4v) is 2.79. The number of nitro benzene ring substituents is 1. The van der Waals surface area contributed by atoms with Crippen molar-refractivity contribution in [2.75, 3.05) is 11.9 Å². The zero-order valence-corrected chi connectivity index (χ0v) is 16.8. The molecular weight excluding hydrogens is 453 g/mol. The molecule has 2 N–H and O–H groups in total. The molecule has 0 unspecified atom stereocenters. The monoisotopic (exact) mass is 466 g/mol. The van der Waals surface area contributed by atoms with Gasteiger partial charge in [-0.15, -0.1) is 0 Å². The summed E-state index contributed by atoms with van der Waals surface area (Å²) in [7, 11) is 0. The van der Waals surface area contributed by atoms with Crippen LogP contribution in [0.3, 0.4) is 0 Å².